The summed E-state index contributed by atoms with van der Waals surface area (Å²) < 4.78 is 18.9. The minimum absolute atomic E-state index is 0.134. The lowest BCUT2D eigenvalue weighted by Crippen LogP contribution is -2.36. The largest absolute Gasteiger partial charge is 0.491 e. The molecule has 150 valence electrons. The summed E-state index contributed by atoms with van der Waals surface area (Å²) in [6.45, 7) is 1.16. The van der Waals surface area contributed by atoms with E-state index < -0.39 is 53.0 Å². The standard InChI is InChI=1S/C18H19FN2O7/c1-3-21(11-6-4-10(19)5-7-11)17(25)12-8-20(9-13(22)23)14(18(26)27)16(28-2)15(12)24/h4-8,13,22-23H,3,9H2,1-2H3,(H,26,27). The second-order valence-corrected chi connectivity index (χ2v) is 5.72. The van der Waals surface area contributed by atoms with Crippen LogP contribution in [0.15, 0.2) is 35.3 Å². The van der Waals surface area contributed by atoms with Crippen LogP contribution in [0.4, 0.5) is 10.1 Å². The fraction of sp³-hybridized carbons (Fsp3) is 0.278. The second-order valence-electron chi connectivity index (χ2n) is 5.72. The summed E-state index contributed by atoms with van der Waals surface area (Å²) in [4.78, 5) is 38.4. The van der Waals surface area contributed by atoms with Crippen LogP contribution < -0.4 is 15.1 Å². The highest BCUT2D eigenvalue weighted by atomic mass is 19.1. The number of methoxy groups -OCH3 is 1. The molecular weight excluding hydrogens is 375 g/mol. The number of hydrogen-bond acceptors (Lipinski definition) is 6. The van der Waals surface area contributed by atoms with Gasteiger partial charge in [-0.05, 0) is 31.2 Å². The molecule has 0 radical (unpaired) electrons. The number of aliphatic hydroxyl groups excluding tert-OH is 1. The molecule has 0 spiro atoms. The molecule has 1 aromatic heterocycles. The van der Waals surface area contributed by atoms with Crippen molar-refractivity contribution in [2.75, 3.05) is 18.6 Å². The van der Waals surface area contributed by atoms with Crippen LogP contribution in [0.3, 0.4) is 0 Å². The lowest BCUT2D eigenvalue weighted by molar-refractivity contribution is -0.0518. The van der Waals surface area contributed by atoms with Crippen LogP contribution >= 0.6 is 0 Å². The molecule has 2 rings (SSSR count). The molecule has 3 N–H and O–H groups in total. The Bertz CT molecular complexity index is 938. The fourth-order valence-electron chi connectivity index (χ4n) is 2.73. The van der Waals surface area contributed by atoms with Gasteiger partial charge in [-0.15, -0.1) is 0 Å². The van der Waals surface area contributed by atoms with Crippen LogP contribution in [0.25, 0.3) is 0 Å². The summed E-state index contributed by atoms with van der Waals surface area (Å²) in [5, 5.41) is 27.8. The van der Waals surface area contributed by atoms with Crippen molar-refractivity contribution in [3.63, 3.8) is 0 Å². The molecule has 9 nitrogen and oxygen atoms in total. The molecule has 0 aliphatic heterocycles. The molecule has 0 unspecified atom stereocenters. The van der Waals surface area contributed by atoms with Crippen molar-refractivity contribution in [1.82, 2.24) is 4.57 Å². The summed E-state index contributed by atoms with van der Waals surface area (Å²) in [6.07, 6.45) is -1.00. The highest BCUT2D eigenvalue weighted by molar-refractivity contribution is 6.06. The predicted molar refractivity (Wildman–Crippen MR) is 96.2 cm³/mol. The van der Waals surface area contributed by atoms with E-state index in [-0.39, 0.29) is 6.54 Å². The van der Waals surface area contributed by atoms with Gasteiger partial charge in [0.2, 0.25) is 5.43 Å². The van der Waals surface area contributed by atoms with Crippen LogP contribution in [0, 0.1) is 5.82 Å². The van der Waals surface area contributed by atoms with Crippen LogP contribution in [0.2, 0.25) is 0 Å². The molecule has 28 heavy (non-hydrogen) atoms. The van der Waals surface area contributed by atoms with Crippen molar-refractivity contribution in [2.24, 2.45) is 0 Å². The molecule has 0 saturated carbocycles. The van der Waals surface area contributed by atoms with Gasteiger partial charge < -0.3 is 29.5 Å². The minimum Gasteiger partial charge on any atom is -0.491 e. The van der Waals surface area contributed by atoms with Crippen LogP contribution in [0.1, 0.15) is 27.8 Å². The lowest BCUT2D eigenvalue weighted by atomic mass is 10.1. The van der Waals surface area contributed by atoms with Crippen molar-refractivity contribution in [3.8, 4) is 5.75 Å². The molecule has 0 aliphatic rings. The number of benzene rings is 1. The zero-order chi connectivity index (χ0) is 21.0. The summed E-state index contributed by atoms with van der Waals surface area (Å²) in [5.41, 5.74) is -1.70. The smallest absolute Gasteiger partial charge is 0.356 e. The summed E-state index contributed by atoms with van der Waals surface area (Å²) in [6, 6.07) is 5.02. The number of pyridine rings is 1. The number of anilines is 1. The van der Waals surface area contributed by atoms with Crippen molar-refractivity contribution < 1.29 is 34.0 Å². The molecule has 0 aliphatic carbocycles. The highest BCUT2D eigenvalue weighted by Crippen LogP contribution is 2.20. The Labute approximate surface area is 158 Å². The molecule has 0 bridgehead atoms. The predicted octanol–water partition coefficient (Wildman–Crippen LogP) is 0.672. The number of carbonyl (C=O) groups is 2. The Balaban J connectivity index is 2.65. The van der Waals surface area contributed by atoms with E-state index in [9.17, 15) is 34.1 Å². The van der Waals surface area contributed by atoms with Crippen molar-refractivity contribution in [2.45, 2.75) is 19.8 Å². The van der Waals surface area contributed by atoms with E-state index in [1.807, 2.05) is 0 Å². The van der Waals surface area contributed by atoms with E-state index in [4.69, 9.17) is 4.74 Å². The highest BCUT2D eigenvalue weighted by Gasteiger charge is 2.28. The molecule has 2 aromatic rings. The van der Waals surface area contributed by atoms with Crippen LogP contribution in [0.5, 0.6) is 5.75 Å². The maximum atomic E-state index is 13.2. The van der Waals surface area contributed by atoms with Crippen molar-refractivity contribution >= 4 is 17.6 Å². The Morgan fingerprint density at radius 3 is 2.32 bits per heavy atom. The number of rotatable bonds is 7. The number of ether oxygens (including phenoxy) is 1. The quantitative estimate of drug-likeness (QED) is 0.589. The first-order valence-corrected chi connectivity index (χ1v) is 8.19. The zero-order valence-electron chi connectivity index (χ0n) is 15.1. The maximum Gasteiger partial charge on any atom is 0.356 e. The molecule has 1 heterocycles. The number of halogens is 1. The van der Waals surface area contributed by atoms with E-state index in [1.54, 1.807) is 6.92 Å². The topological polar surface area (TPSA) is 129 Å². The Morgan fingerprint density at radius 1 is 1.25 bits per heavy atom. The van der Waals surface area contributed by atoms with Gasteiger partial charge in [0.25, 0.3) is 5.91 Å². The normalized spacial score (nSPS) is 10.8. The molecule has 0 fully saturated rings. The first kappa shape index (κ1) is 21.1. The van der Waals surface area contributed by atoms with Gasteiger partial charge in [0.15, 0.2) is 17.7 Å². The second kappa shape index (κ2) is 8.63. The molecule has 10 heteroatoms. The third-order valence-electron chi connectivity index (χ3n) is 3.93. The molecule has 0 saturated heterocycles. The average Bonchev–Trinajstić information content (AvgIpc) is 2.63. The number of aliphatic hydroxyl groups is 2. The lowest BCUT2D eigenvalue weighted by Gasteiger charge is -2.22. The van der Waals surface area contributed by atoms with E-state index in [0.717, 1.165) is 30.0 Å². The number of nitrogens with zero attached hydrogens (tertiary/aromatic N) is 2. The average molecular weight is 394 g/mol. The van der Waals surface area contributed by atoms with E-state index in [2.05, 4.69) is 0 Å². The fourth-order valence-corrected chi connectivity index (χ4v) is 2.73. The number of carbonyl (C=O) groups excluding carboxylic acids is 1. The number of carboxylic acids is 1. The third kappa shape index (κ3) is 4.18. The van der Waals surface area contributed by atoms with Gasteiger partial charge in [0.1, 0.15) is 11.4 Å². The Kier molecular flexibility index (Phi) is 6.49. The van der Waals surface area contributed by atoms with Gasteiger partial charge >= 0.3 is 5.97 Å². The summed E-state index contributed by atoms with van der Waals surface area (Å²) in [5.74, 6) is -3.44. The van der Waals surface area contributed by atoms with Gasteiger partial charge in [-0.1, -0.05) is 0 Å². The number of hydrogen-bond donors (Lipinski definition) is 3. The van der Waals surface area contributed by atoms with Crippen LogP contribution in [-0.2, 0) is 6.54 Å². The molecule has 1 aromatic carbocycles. The zero-order valence-corrected chi connectivity index (χ0v) is 15.1. The number of carboxylic acid groups (broad SMARTS) is 1. The summed E-state index contributed by atoms with van der Waals surface area (Å²) in [7, 11) is 1.06. The summed E-state index contributed by atoms with van der Waals surface area (Å²) >= 11 is 0. The Hall–Kier alpha value is -3.24. The molecular formula is C18H19FN2O7. The van der Waals surface area contributed by atoms with Crippen molar-refractivity contribution in [1.29, 1.82) is 0 Å². The van der Waals surface area contributed by atoms with Gasteiger partial charge in [-0.25, -0.2) is 9.18 Å². The van der Waals surface area contributed by atoms with Crippen LogP contribution in [-0.4, -0.2) is 51.7 Å². The SMILES string of the molecule is CCN(C(=O)c1cn(CC(O)O)c(C(=O)O)c(OC)c1=O)c1ccc(F)cc1. The van der Waals surface area contributed by atoms with Crippen molar-refractivity contribution in [3.05, 3.63) is 57.8 Å². The number of amides is 1. The monoisotopic (exact) mass is 394 g/mol. The molecule has 0 atom stereocenters. The number of aromatic nitrogens is 1. The Morgan fingerprint density at radius 2 is 1.86 bits per heavy atom. The van der Waals surface area contributed by atoms with Gasteiger partial charge in [0, 0.05) is 18.4 Å². The van der Waals surface area contributed by atoms with E-state index >= 15 is 0 Å². The number of aromatic carboxylic acids is 1. The third-order valence-corrected chi connectivity index (χ3v) is 3.93. The van der Waals surface area contributed by atoms with E-state index in [1.165, 1.54) is 17.0 Å². The first-order valence-electron chi connectivity index (χ1n) is 8.19. The minimum atomic E-state index is -1.94. The van der Waals surface area contributed by atoms with Gasteiger partial charge in [0.05, 0.1) is 13.7 Å². The maximum absolute atomic E-state index is 13.2. The van der Waals surface area contributed by atoms with Gasteiger partial charge in [-0.2, -0.15) is 0 Å². The van der Waals surface area contributed by atoms with Gasteiger partial charge in [-0.3, -0.25) is 9.59 Å². The van der Waals surface area contributed by atoms with E-state index in [0.29, 0.717) is 5.69 Å². The first-order chi connectivity index (χ1) is 13.2. The molecule has 1 amide bonds.